The van der Waals surface area contributed by atoms with E-state index < -0.39 is 11.2 Å². The number of alkyl halides is 3. The van der Waals surface area contributed by atoms with Gasteiger partial charge in [0.1, 0.15) is 0 Å². The number of urea groups is 1. The minimum absolute atomic E-state index is 0.0144. The van der Waals surface area contributed by atoms with Crippen LogP contribution in [0.2, 0.25) is 0 Å². The molecule has 0 aromatic carbocycles. The van der Waals surface area contributed by atoms with E-state index in [4.69, 9.17) is 0 Å². The van der Waals surface area contributed by atoms with Crippen LogP contribution in [-0.2, 0) is 6.18 Å². The van der Waals surface area contributed by atoms with E-state index in [1.807, 2.05) is 0 Å². The lowest BCUT2D eigenvalue weighted by atomic mass is 10.2. The first kappa shape index (κ1) is 12.5. The van der Waals surface area contributed by atoms with Crippen LogP contribution < -0.4 is 10.2 Å². The molecule has 19 heavy (non-hydrogen) atoms. The van der Waals surface area contributed by atoms with Gasteiger partial charge in [-0.05, 0) is 0 Å². The predicted molar refractivity (Wildman–Crippen MR) is 61.0 cm³/mol. The Morgan fingerprint density at radius 1 is 1.32 bits per heavy atom. The van der Waals surface area contributed by atoms with Crippen LogP contribution in [0.5, 0.6) is 0 Å². The second-order valence-electron chi connectivity index (χ2n) is 4.37. The number of piperazine rings is 1. The predicted octanol–water partition coefficient (Wildman–Crippen LogP) is 0.771. The quantitative estimate of drug-likeness (QED) is 0.831. The summed E-state index contributed by atoms with van der Waals surface area (Å²) in [5.41, 5.74) is 0. The van der Waals surface area contributed by atoms with Gasteiger partial charge >= 0.3 is 12.2 Å². The Bertz CT molecular complexity index is 504. The first-order valence-electron chi connectivity index (χ1n) is 5.65. The van der Waals surface area contributed by atoms with E-state index in [1.165, 1.54) is 0 Å². The van der Waals surface area contributed by atoms with Crippen molar-refractivity contribution in [3.8, 4) is 0 Å². The van der Waals surface area contributed by atoms with E-state index in [9.17, 15) is 18.0 Å². The molecule has 1 unspecified atom stereocenters. The Morgan fingerprint density at radius 2 is 2.11 bits per heavy atom. The first-order valence-corrected chi connectivity index (χ1v) is 6.47. The molecule has 0 radical (unpaired) electrons. The van der Waals surface area contributed by atoms with Crippen LogP contribution in [0.15, 0.2) is 0 Å². The highest BCUT2D eigenvalue weighted by molar-refractivity contribution is 7.15. The lowest BCUT2D eigenvalue weighted by Crippen LogP contribution is -2.52. The molecule has 0 bridgehead atoms. The molecule has 2 aliphatic heterocycles. The third-order valence-corrected chi connectivity index (χ3v) is 4.19. The van der Waals surface area contributed by atoms with E-state index in [0.717, 1.165) is 0 Å². The van der Waals surface area contributed by atoms with Crippen molar-refractivity contribution in [3.05, 3.63) is 5.01 Å². The molecule has 2 amide bonds. The second-order valence-corrected chi connectivity index (χ2v) is 5.32. The van der Waals surface area contributed by atoms with Crippen molar-refractivity contribution in [2.24, 2.45) is 0 Å². The fraction of sp³-hybridized carbons (Fsp3) is 0.667. The minimum Gasteiger partial charge on any atom is -0.343 e. The Balaban J connectivity index is 1.74. The number of carbonyl (C=O) groups excluding carboxylic acids is 1. The fourth-order valence-corrected chi connectivity index (χ4v) is 2.98. The molecule has 1 aromatic rings. The maximum atomic E-state index is 12.5. The summed E-state index contributed by atoms with van der Waals surface area (Å²) in [5, 5.41) is 8.79. The number of rotatable bonds is 1. The molecular weight excluding hydrogens is 283 g/mol. The van der Waals surface area contributed by atoms with Crippen molar-refractivity contribution in [2.75, 3.05) is 31.1 Å². The number of anilines is 1. The summed E-state index contributed by atoms with van der Waals surface area (Å²) in [7, 11) is 0. The number of hydrogen-bond donors (Lipinski definition) is 1. The van der Waals surface area contributed by atoms with Crippen molar-refractivity contribution in [3.63, 3.8) is 0 Å². The number of hydrogen-bond acceptors (Lipinski definition) is 5. The molecule has 0 saturated carbocycles. The maximum absolute atomic E-state index is 12.5. The van der Waals surface area contributed by atoms with Crippen LogP contribution in [0.3, 0.4) is 0 Å². The molecule has 2 fully saturated rings. The molecule has 1 atom stereocenters. The number of fused-ring (bicyclic) bond motifs is 1. The van der Waals surface area contributed by atoms with Gasteiger partial charge in [0.15, 0.2) is 0 Å². The van der Waals surface area contributed by atoms with Gasteiger partial charge in [-0.25, -0.2) is 4.79 Å². The van der Waals surface area contributed by atoms with Crippen molar-refractivity contribution in [1.29, 1.82) is 0 Å². The summed E-state index contributed by atoms with van der Waals surface area (Å²) in [4.78, 5) is 14.9. The zero-order valence-corrected chi connectivity index (χ0v) is 10.5. The smallest absolute Gasteiger partial charge is 0.343 e. The van der Waals surface area contributed by atoms with Crippen molar-refractivity contribution in [1.82, 2.24) is 20.4 Å². The van der Waals surface area contributed by atoms with E-state index in [0.29, 0.717) is 37.5 Å². The van der Waals surface area contributed by atoms with Crippen molar-refractivity contribution < 1.29 is 18.0 Å². The number of nitrogens with zero attached hydrogens (tertiary/aromatic N) is 4. The third kappa shape index (κ3) is 2.20. The monoisotopic (exact) mass is 293 g/mol. The van der Waals surface area contributed by atoms with Gasteiger partial charge in [-0.2, -0.15) is 13.2 Å². The average molecular weight is 293 g/mol. The Morgan fingerprint density at radius 3 is 2.79 bits per heavy atom. The average Bonchev–Trinajstić information content (AvgIpc) is 2.95. The van der Waals surface area contributed by atoms with Crippen LogP contribution in [0.1, 0.15) is 5.01 Å². The highest BCUT2D eigenvalue weighted by Gasteiger charge is 2.39. The molecule has 3 heterocycles. The lowest BCUT2D eigenvalue weighted by Gasteiger charge is -2.35. The molecule has 0 spiro atoms. The fourth-order valence-electron chi connectivity index (χ4n) is 2.24. The zero-order chi connectivity index (χ0) is 13.6. The molecule has 1 N–H and O–H groups in total. The Hall–Kier alpha value is -1.58. The Kier molecular flexibility index (Phi) is 2.77. The summed E-state index contributed by atoms with van der Waals surface area (Å²) in [6.07, 6.45) is -4.46. The van der Waals surface area contributed by atoms with Gasteiger partial charge < -0.3 is 15.1 Å². The topological polar surface area (TPSA) is 61.4 Å². The summed E-state index contributed by atoms with van der Waals surface area (Å²) in [5.74, 6) is 0. The largest absolute Gasteiger partial charge is 0.445 e. The molecule has 6 nitrogen and oxygen atoms in total. The lowest BCUT2D eigenvalue weighted by molar-refractivity contribution is -0.138. The van der Waals surface area contributed by atoms with Crippen LogP contribution in [0, 0.1) is 0 Å². The molecule has 1 aromatic heterocycles. The number of nitrogens with one attached hydrogen (secondary N) is 1. The van der Waals surface area contributed by atoms with Gasteiger partial charge in [0, 0.05) is 26.2 Å². The molecule has 3 rings (SSSR count). The van der Waals surface area contributed by atoms with E-state index >= 15 is 0 Å². The van der Waals surface area contributed by atoms with Crippen LogP contribution in [-0.4, -0.2) is 53.3 Å². The summed E-state index contributed by atoms with van der Waals surface area (Å²) in [6, 6.07) is -0.127. The number of amides is 2. The summed E-state index contributed by atoms with van der Waals surface area (Å²) >= 11 is 0.536. The molecule has 0 aliphatic carbocycles. The Labute approximate surface area is 110 Å². The highest BCUT2D eigenvalue weighted by Crippen LogP contribution is 2.34. The van der Waals surface area contributed by atoms with Crippen LogP contribution in [0.25, 0.3) is 0 Å². The molecule has 104 valence electrons. The van der Waals surface area contributed by atoms with Gasteiger partial charge in [0.25, 0.3) is 0 Å². The minimum atomic E-state index is -4.46. The van der Waals surface area contributed by atoms with Crippen molar-refractivity contribution in [2.45, 2.75) is 12.2 Å². The van der Waals surface area contributed by atoms with Crippen LogP contribution >= 0.6 is 11.3 Å². The normalized spacial score (nSPS) is 23.5. The summed E-state index contributed by atoms with van der Waals surface area (Å²) in [6.45, 7) is 1.94. The zero-order valence-electron chi connectivity index (χ0n) is 9.65. The standard InChI is InChI=1S/C9H10F3N5OS/c10-9(11,12)6-14-15-8(19-6)16-1-2-17-5(4-16)3-13-7(17)18/h5H,1-4H2,(H,13,18). The van der Waals surface area contributed by atoms with E-state index in [1.54, 1.807) is 9.80 Å². The number of halogens is 3. The van der Waals surface area contributed by atoms with E-state index in [2.05, 4.69) is 15.5 Å². The first-order chi connectivity index (χ1) is 8.95. The third-order valence-electron chi connectivity index (χ3n) is 3.16. The SMILES string of the molecule is O=C1NCC2CN(c3nnc(C(F)(F)F)s3)CCN12. The maximum Gasteiger partial charge on any atom is 0.445 e. The molecule has 2 saturated heterocycles. The highest BCUT2D eigenvalue weighted by atomic mass is 32.1. The van der Waals surface area contributed by atoms with Gasteiger partial charge in [-0.15, -0.1) is 10.2 Å². The summed E-state index contributed by atoms with van der Waals surface area (Å²) < 4.78 is 37.4. The van der Waals surface area contributed by atoms with Gasteiger partial charge in [0.2, 0.25) is 10.1 Å². The van der Waals surface area contributed by atoms with Gasteiger partial charge in [0.05, 0.1) is 6.04 Å². The van der Waals surface area contributed by atoms with Gasteiger partial charge in [-0.1, -0.05) is 11.3 Å². The molecule has 10 heteroatoms. The second kappa shape index (κ2) is 4.22. The molecular formula is C9H10F3N5OS. The van der Waals surface area contributed by atoms with Crippen LogP contribution in [0.4, 0.5) is 23.1 Å². The van der Waals surface area contributed by atoms with E-state index in [-0.39, 0.29) is 17.2 Å². The number of aromatic nitrogens is 2. The molecule has 2 aliphatic rings. The van der Waals surface area contributed by atoms with Gasteiger partial charge in [-0.3, -0.25) is 0 Å². The van der Waals surface area contributed by atoms with Crippen molar-refractivity contribution >= 4 is 22.5 Å². The number of carbonyl (C=O) groups is 1.